The number of hydrogen-bond acceptors (Lipinski definition) is 4. The van der Waals surface area contributed by atoms with E-state index in [1.165, 1.54) is 0 Å². The summed E-state index contributed by atoms with van der Waals surface area (Å²) in [5.74, 6) is -0.461. The second-order valence-corrected chi connectivity index (χ2v) is 6.39. The molecule has 3 aliphatic heterocycles. The van der Waals surface area contributed by atoms with Gasteiger partial charge < -0.3 is 15.5 Å². The smallest absolute Gasteiger partial charge is 0.325 e. The molecule has 7 nitrogen and oxygen atoms in total. The zero-order chi connectivity index (χ0) is 16.7. The number of amides is 3. The first-order valence-corrected chi connectivity index (χ1v) is 8.22. The Balaban J connectivity index is 1.58. The van der Waals surface area contributed by atoms with Crippen molar-refractivity contribution in [3.05, 3.63) is 30.7 Å². The number of nitrogens with zero attached hydrogens (tertiary/aromatic N) is 4. The summed E-state index contributed by atoms with van der Waals surface area (Å²) in [4.78, 5) is 34.2. The maximum atomic E-state index is 12.7. The fourth-order valence-corrected chi connectivity index (χ4v) is 3.69. The van der Waals surface area contributed by atoms with Crippen molar-refractivity contribution in [3.8, 4) is 0 Å². The normalized spacial score (nSPS) is 26.2. The van der Waals surface area contributed by atoms with Gasteiger partial charge in [-0.15, -0.1) is 0 Å². The van der Waals surface area contributed by atoms with Gasteiger partial charge in [-0.25, -0.2) is 4.79 Å². The molecule has 24 heavy (non-hydrogen) atoms. The number of rotatable bonds is 3. The molecule has 3 amide bonds. The minimum Gasteiger partial charge on any atom is -0.368 e. The maximum absolute atomic E-state index is 12.7. The van der Waals surface area contributed by atoms with Crippen LogP contribution in [0.1, 0.15) is 12.8 Å². The Hall–Kier alpha value is -2.57. The molecule has 2 saturated heterocycles. The lowest BCUT2D eigenvalue weighted by Gasteiger charge is -2.25. The highest BCUT2D eigenvalue weighted by atomic mass is 16.2. The molecule has 0 spiro atoms. The summed E-state index contributed by atoms with van der Waals surface area (Å²) >= 11 is 0. The van der Waals surface area contributed by atoms with Crippen molar-refractivity contribution in [2.75, 3.05) is 36.0 Å². The highest BCUT2D eigenvalue weighted by molar-refractivity contribution is 6.04. The number of fused-ring (bicyclic) bond motifs is 1. The van der Waals surface area contributed by atoms with Gasteiger partial charge in [0.05, 0.1) is 12.9 Å². The van der Waals surface area contributed by atoms with E-state index in [-0.39, 0.29) is 12.6 Å². The van der Waals surface area contributed by atoms with E-state index in [4.69, 9.17) is 5.73 Å². The zero-order valence-corrected chi connectivity index (χ0v) is 13.4. The van der Waals surface area contributed by atoms with E-state index in [1.54, 1.807) is 9.80 Å². The molecule has 0 unspecified atom stereocenters. The van der Waals surface area contributed by atoms with E-state index in [9.17, 15) is 9.59 Å². The van der Waals surface area contributed by atoms with E-state index >= 15 is 0 Å². The zero-order valence-electron chi connectivity index (χ0n) is 13.4. The van der Waals surface area contributed by atoms with Gasteiger partial charge in [0.1, 0.15) is 5.54 Å². The van der Waals surface area contributed by atoms with Crippen molar-refractivity contribution in [3.63, 3.8) is 0 Å². The lowest BCUT2D eigenvalue weighted by atomic mass is 9.96. The highest BCUT2D eigenvalue weighted by Crippen LogP contribution is 2.38. The number of carbonyl (C=O) groups is 2. The molecule has 2 N–H and O–H groups in total. The predicted molar refractivity (Wildman–Crippen MR) is 92.1 cm³/mol. The van der Waals surface area contributed by atoms with E-state index in [0.29, 0.717) is 13.0 Å². The molecule has 0 bridgehead atoms. The molecule has 1 radical (unpaired) electrons. The van der Waals surface area contributed by atoms with Crippen LogP contribution in [0.2, 0.25) is 0 Å². The first-order valence-electron chi connectivity index (χ1n) is 8.22. The van der Waals surface area contributed by atoms with Crippen LogP contribution in [0.15, 0.2) is 29.3 Å². The standard InChI is InChI=1S/C17H20N5O2/c18-15(23)17-7-1-10-22(17)16(24)21(11-17)14-5-3-13(4-6-14)20-9-2-8-19-12-20/h3-7,12H,1-2,8-11H2,(H2,18,23)/t17-/m1/s1. The van der Waals surface area contributed by atoms with Gasteiger partial charge in [-0.05, 0) is 37.1 Å². The second kappa shape index (κ2) is 5.51. The molecule has 4 rings (SSSR count). The molecule has 1 atom stereocenters. The summed E-state index contributed by atoms with van der Waals surface area (Å²) in [6.45, 7) is 2.64. The highest BCUT2D eigenvalue weighted by Gasteiger charge is 2.56. The van der Waals surface area contributed by atoms with Crippen molar-refractivity contribution >= 4 is 29.7 Å². The minimum atomic E-state index is -0.963. The SMILES string of the molecule is NC(=O)[C@]12[CH]CCN1C(=O)N(c1ccc(N3C=NCCC3)cc1)C2. The van der Waals surface area contributed by atoms with Crippen LogP contribution < -0.4 is 15.5 Å². The van der Waals surface area contributed by atoms with Gasteiger partial charge in [-0.2, -0.15) is 0 Å². The van der Waals surface area contributed by atoms with E-state index in [0.717, 1.165) is 30.9 Å². The van der Waals surface area contributed by atoms with Crippen molar-refractivity contribution in [2.24, 2.45) is 10.7 Å². The van der Waals surface area contributed by atoms with E-state index in [1.807, 2.05) is 37.0 Å². The van der Waals surface area contributed by atoms with Crippen molar-refractivity contribution in [1.82, 2.24) is 4.90 Å². The van der Waals surface area contributed by atoms with E-state index < -0.39 is 11.4 Å². The number of carbonyl (C=O) groups excluding carboxylic acids is 2. The Morgan fingerprint density at radius 3 is 2.54 bits per heavy atom. The third kappa shape index (κ3) is 2.15. The summed E-state index contributed by atoms with van der Waals surface area (Å²) in [6.07, 6.45) is 5.46. The van der Waals surface area contributed by atoms with Crippen LogP contribution in [0, 0.1) is 6.42 Å². The monoisotopic (exact) mass is 326 g/mol. The Kier molecular flexibility index (Phi) is 3.44. The molecule has 0 aliphatic carbocycles. The Morgan fingerprint density at radius 2 is 1.92 bits per heavy atom. The minimum absolute atomic E-state index is 0.158. The summed E-state index contributed by atoms with van der Waals surface area (Å²) in [7, 11) is 0. The number of benzene rings is 1. The molecule has 3 aliphatic rings. The molecule has 0 aromatic heterocycles. The molecule has 1 aromatic carbocycles. The molecule has 0 saturated carbocycles. The lowest BCUT2D eigenvalue weighted by Crippen LogP contribution is -2.53. The quantitative estimate of drug-likeness (QED) is 0.899. The topological polar surface area (TPSA) is 82.2 Å². The number of nitrogens with two attached hydrogens (primary N) is 1. The van der Waals surface area contributed by atoms with Crippen molar-refractivity contribution < 1.29 is 9.59 Å². The van der Waals surface area contributed by atoms with Crippen LogP contribution in [0.5, 0.6) is 0 Å². The van der Waals surface area contributed by atoms with Gasteiger partial charge in [-0.1, -0.05) is 0 Å². The van der Waals surface area contributed by atoms with Gasteiger partial charge in [0.15, 0.2) is 0 Å². The first kappa shape index (κ1) is 15.0. The third-order valence-corrected chi connectivity index (χ3v) is 5.00. The third-order valence-electron chi connectivity index (χ3n) is 5.00. The van der Waals surface area contributed by atoms with E-state index in [2.05, 4.69) is 9.89 Å². The van der Waals surface area contributed by atoms with Gasteiger partial charge in [0.25, 0.3) is 0 Å². The van der Waals surface area contributed by atoms with Crippen LogP contribution in [0.3, 0.4) is 0 Å². The average Bonchev–Trinajstić information content (AvgIpc) is 3.16. The van der Waals surface area contributed by atoms with Crippen LogP contribution in [-0.4, -0.2) is 54.9 Å². The van der Waals surface area contributed by atoms with Crippen LogP contribution in [0.4, 0.5) is 16.2 Å². The van der Waals surface area contributed by atoms with Crippen LogP contribution in [0.25, 0.3) is 0 Å². The fraction of sp³-hybridized carbons (Fsp3) is 0.412. The van der Waals surface area contributed by atoms with Gasteiger partial charge in [-0.3, -0.25) is 14.7 Å². The average molecular weight is 326 g/mol. The Morgan fingerprint density at radius 1 is 1.17 bits per heavy atom. The summed E-state index contributed by atoms with van der Waals surface area (Å²) < 4.78 is 0. The van der Waals surface area contributed by atoms with Gasteiger partial charge in [0, 0.05) is 37.4 Å². The molecule has 7 heteroatoms. The molecule has 125 valence electrons. The summed E-state index contributed by atoms with van der Waals surface area (Å²) in [6, 6.07) is 7.61. The van der Waals surface area contributed by atoms with Gasteiger partial charge >= 0.3 is 6.03 Å². The van der Waals surface area contributed by atoms with Crippen LogP contribution >= 0.6 is 0 Å². The van der Waals surface area contributed by atoms with Crippen LogP contribution in [-0.2, 0) is 4.79 Å². The predicted octanol–water partition coefficient (Wildman–Crippen LogP) is 0.999. The summed E-state index contributed by atoms with van der Waals surface area (Å²) in [5.41, 5.74) is 6.45. The second-order valence-electron chi connectivity index (χ2n) is 6.39. The molecule has 1 aromatic rings. The first-order chi connectivity index (χ1) is 11.6. The number of hydrogen-bond donors (Lipinski definition) is 1. The Labute approximate surface area is 140 Å². The Bertz CT molecular complexity index is 701. The number of urea groups is 1. The number of aliphatic imine (C=N–C) groups is 1. The van der Waals surface area contributed by atoms with Crippen molar-refractivity contribution in [2.45, 2.75) is 18.4 Å². The molecular weight excluding hydrogens is 306 g/mol. The molecular formula is C17H20N5O2. The lowest BCUT2D eigenvalue weighted by molar-refractivity contribution is -0.124. The number of anilines is 2. The number of primary amides is 1. The van der Waals surface area contributed by atoms with Gasteiger partial charge in [0.2, 0.25) is 5.91 Å². The maximum Gasteiger partial charge on any atom is 0.325 e. The molecule has 2 fully saturated rings. The van der Waals surface area contributed by atoms with Crippen molar-refractivity contribution in [1.29, 1.82) is 0 Å². The largest absolute Gasteiger partial charge is 0.368 e. The molecule has 3 heterocycles. The summed E-state index contributed by atoms with van der Waals surface area (Å²) in [5, 5.41) is 0. The fourth-order valence-electron chi connectivity index (χ4n) is 3.69.